The fraction of sp³-hybridized carbons (Fsp3) is 0.455. The van der Waals surface area contributed by atoms with E-state index in [9.17, 15) is 9.59 Å². The highest BCUT2D eigenvalue weighted by Gasteiger charge is 2.37. The average Bonchev–Trinajstić information content (AvgIpc) is 2.92. The number of rotatable bonds is 6. The van der Waals surface area contributed by atoms with Crippen molar-refractivity contribution in [1.82, 2.24) is 0 Å². The molecule has 0 bridgehead atoms. The summed E-state index contributed by atoms with van der Waals surface area (Å²) in [6, 6.07) is 7.26. The molecule has 0 saturated heterocycles. The summed E-state index contributed by atoms with van der Waals surface area (Å²) in [5, 5.41) is 2.84. The van der Waals surface area contributed by atoms with Crippen molar-refractivity contribution in [3.05, 3.63) is 46.9 Å². The van der Waals surface area contributed by atoms with Gasteiger partial charge in [0.25, 0.3) is 5.91 Å². The molecule has 0 atom stereocenters. The van der Waals surface area contributed by atoms with Crippen LogP contribution in [0, 0.1) is 12.3 Å². The highest BCUT2D eigenvalue weighted by atomic mass is 16.5. The van der Waals surface area contributed by atoms with E-state index in [2.05, 4.69) is 12.2 Å². The van der Waals surface area contributed by atoms with Crippen molar-refractivity contribution in [3.8, 4) is 5.75 Å². The Kier molecular flexibility index (Phi) is 5.40. The van der Waals surface area contributed by atoms with E-state index in [0.29, 0.717) is 42.0 Å². The van der Waals surface area contributed by atoms with E-state index in [0.717, 1.165) is 18.6 Å². The van der Waals surface area contributed by atoms with Crippen molar-refractivity contribution in [2.24, 2.45) is 5.41 Å². The van der Waals surface area contributed by atoms with Crippen LogP contribution < -0.4 is 10.1 Å². The SMILES string of the molecule is CCCCOc1ccc(NC(=O)c2oc3c(c2C)C(=O)CC(C)(C)C3)cc1. The van der Waals surface area contributed by atoms with Crippen LogP contribution in [0.15, 0.2) is 28.7 Å². The summed E-state index contributed by atoms with van der Waals surface area (Å²) >= 11 is 0. The molecular weight excluding hydrogens is 342 g/mol. The number of hydrogen-bond donors (Lipinski definition) is 1. The molecule has 1 aromatic heterocycles. The zero-order valence-corrected chi connectivity index (χ0v) is 16.5. The largest absolute Gasteiger partial charge is 0.494 e. The Balaban J connectivity index is 1.73. The number of ketones is 1. The molecule has 0 spiro atoms. The van der Waals surface area contributed by atoms with E-state index in [1.807, 2.05) is 26.0 Å². The Hall–Kier alpha value is -2.56. The predicted octanol–water partition coefficient (Wildman–Crippen LogP) is 5.17. The van der Waals surface area contributed by atoms with Crippen LogP contribution in [0.1, 0.15) is 72.3 Å². The summed E-state index contributed by atoms with van der Waals surface area (Å²) in [6.45, 7) is 8.65. The minimum atomic E-state index is -0.341. The lowest BCUT2D eigenvalue weighted by Crippen LogP contribution is -2.26. The summed E-state index contributed by atoms with van der Waals surface area (Å²) < 4.78 is 11.4. The number of carbonyl (C=O) groups is 2. The number of anilines is 1. The molecule has 1 aliphatic carbocycles. The fourth-order valence-corrected chi connectivity index (χ4v) is 3.46. The lowest BCUT2D eigenvalue weighted by molar-refractivity contribution is 0.0898. The van der Waals surface area contributed by atoms with Gasteiger partial charge in [-0.15, -0.1) is 0 Å². The van der Waals surface area contributed by atoms with Crippen LogP contribution in [0.2, 0.25) is 0 Å². The maximum Gasteiger partial charge on any atom is 0.291 e. The molecule has 0 fully saturated rings. The Labute approximate surface area is 160 Å². The Morgan fingerprint density at radius 3 is 2.59 bits per heavy atom. The molecule has 0 unspecified atom stereocenters. The lowest BCUT2D eigenvalue weighted by atomic mass is 9.76. The van der Waals surface area contributed by atoms with Gasteiger partial charge < -0.3 is 14.5 Å². The Bertz CT molecular complexity index is 846. The zero-order chi connectivity index (χ0) is 19.6. The molecule has 3 rings (SSSR count). The van der Waals surface area contributed by atoms with Crippen LogP contribution in [-0.4, -0.2) is 18.3 Å². The summed E-state index contributed by atoms with van der Waals surface area (Å²) in [6.07, 6.45) is 3.23. The smallest absolute Gasteiger partial charge is 0.291 e. The minimum Gasteiger partial charge on any atom is -0.494 e. The third-order valence-electron chi connectivity index (χ3n) is 4.86. The zero-order valence-electron chi connectivity index (χ0n) is 16.5. The van der Waals surface area contributed by atoms with Crippen LogP contribution in [0.25, 0.3) is 0 Å². The number of fused-ring (bicyclic) bond motifs is 1. The van der Waals surface area contributed by atoms with Crippen molar-refractivity contribution in [3.63, 3.8) is 0 Å². The molecule has 5 heteroatoms. The van der Waals surface area contributed by atoms with E-state index in [4.69, 9.17) is 9.15 Å². The second-order valence-corrected chi connectivity index (χ2v) is 7.98. The third-order valence-corrected chi connectivity index (χ3v) is 4.86. The first-order chi connectivity index (χ1) is 12.8. The van der Waals surface area contributed by atoms with Gasteiger partial charge in [0.05, 0.1) is 12.2 Å². The monoisotopic (exact) mass is 369 g/mol. The van der Waals surface area contributed by atoms with Gasteiger partial charge >= 0.3 is 0 Å². The molecule has 5 nitrogen and oxygen atoms in total. The van der Waals surface area contributed by atoms with Crippen molar-refractivity contribution in [1.29, 1.82) is 0 Å². The lowest BCUT2D eigenvalue weighted by Gasteiger charge is -2.27. The number of unbranched alkanes of at least 4 members (excludes halogenated alkanes) is 1. The fourth-order valence-electron chi connectivity index (χ4n) is 3.46. The van der Waals surface area contributed by atoms with Gasteiger partial charge in [0.15, 0.2) is 11.5 Å². The highest BCUT2D eigenvalue weighted by molar-refractivity contribution is 6.07. The molecule has 1 amide bonds. The number of nitrogens with one attached hydrogen (secondary N) is 1. The summed E-state index contributed by atoms with van der Waals surface area (Å²) in [7, 11) is 0. The molecule has 0 radical (unpaired) electrons. The van der Waals surface area contributed by atoms with E-state index >= 15 is 0 Å². The van der Waals surface area contributed by atoms with Crippen molar-refractivity contribution < 1.29 is 18.7 Å². The van der Waals surface area contributed by atoms with Gasteiger partial charge in [-0.05, 0) is 43.0 Å². The first kappa shape index (κ1) is 19.2. The topological polar surface area (TPSA) is 68.5 Å². The summed E-state index contributed by atoms with van der Waals surface area (Å²) in [5.41, 5.74) is 1.72. The number of amides is 1. The van der Waals surface area contributed by atoms with Crippen LogP contribution in [0.4, 0.5) is 5.69 Å². The van der Waals surface area contributed by atoms with Gasteiger partial charge in [-0.1, -0.05) is 27.2 Å². The van der Waals surface area contributed by atoms with Crippen molar-refractivity contribution in [2.75, 3.05) is 11.9 Å². The van der Waals surface area contributed by atoms with Crippen LogP contribution in [0.5, 0.6) is 5.75 Å². The number of hydrogen-bond acceptors (Lipinski definition) is 4. The molecule has 27 heavy (non-hydrogen) atoms. The van der Waals surface area contributed by atoms with Crippen molar-refractivity contribution >= 4 is 17.4 Å². The first-order valence-electron chi connectivity index (χ1n) is 9.50. The Morgan fingerprint density at radius 1 is 1.22 bits per heavy atom. The average molecular weight is 369 g/mol. The third kappa shape index (κ3) is 4.24. The maximum atomic E-state index is 12.7. The molecular formula is C22H27NO4. The number of Topliss-reactive ketones (excluding diaryl/α,β-unsaturated/α-hetero) is 1. The van der Waals surface area contributed by atoms with Crippen LogP contribution in [0.3, 0.4) is 0 Å². The molecule has 0 aliphatic heterocycles. The van der Waals surface area contributed by atoms with Gasteiger partial charge in [0, 0.05) is 24.1 Å². The van der Waals surface area contributed by atoms with Crippen LogP contribution in [-0.2, 0) is 6.42 Å². The number of carbonyl (C=O) groups excluding carboxylic acids is 2. The number of furan rings is 1. The molecule has 1 aromatic carbocycles. The molecule has 0 saturated carbocycles. The minimum absolute atomic E-state index is 0.0510. The predicted molar refractivity (Wildman–Crippen MR) is 105 cm³/mol. The van der Waals surface area contributed by atoms with E-state index < -0.39 is 0 Å². The highest BCUT2D eigenvalue weighted by Crippen LogP contribution is 2.38. The van der Waals surface area contributed by atoms with E-state index in [1.54, 1.807) is 19.1 Å². The van der Waals surface area contributed by atoms with Gasteiger partial charge in [-0.25, -0.2) is 0 Å². The first-order valence-corrected chi connectivity index (χ1v) is 9.50. The number of benzene rings is 1. The second kappa shape index (κ2) is 7.59. The molecule has 1 aliphatic rings. The normalized spacial score (nSPS) is 15.3. The maximum absolute atomic E-state index is 12.7. The standard InChI is InChI=1S/C22H27NO4/c1-5-6-11-26-16-9-7-15(8-10-16)23-21(25)20-14(2)19-17(24)12-22(3,4)13-18(19)27-20/h7-10H,5-6,11-13H2,1-4H3,(H,23,25). The van der Waals surface area contributed by atoms with E-state index in [-0.39, 0.29) is 22.9 Å². The summed E-state index contributed by atoms with van der Waals surface area (Å²) in [5.74, 6) is 1.33. The van der Waals surface area contributed by atoms with Gasteiger partial charge in [0.2, 0.25) is 0 Å². The molecule has 144 valence electrons. The van der Waals surface area contributed by atoms with Gasteiger partial charge in [0.1, 0.15) is 11.5 Å². The second-order valence-electron chi connectivity index (χ2n) is 7.98. The van der Waals surface area contributed by atoms with Gasteiger partial charge in [-0.3, -0.25) is 9.59 Å². The number of ether oxygens (including phenoxy) is 1. The Morgan fingerprint density at radius 2 is 1.93 bits per heavy atom. The van der Waals surface area contributed by atoms with Crippen LogP contribution >= 0.6 is 0 Å². The molecule has 2 aromatic rings. The van der Waals surface area contributed by atoms with E-state index in [1.165, 1.54) is 0 Å². The molecule has 1 heterocycles. The van der Waals surface area contributed by atoms with Gasteiger partial charge in [-0.2, -0.15) is 0 Å². The quantitative estimate of drug-likeness (QED) is 0.713. The molecule has 1 N–H and O–H groups in total. The summed E-state index contributed by atoms with van der Waals surface area (Å²) in [4.78, 5) is 25.1. The van der Waals surface area contributed by atoms with Crippen molar-refractivity contribution in [2.45, 2.75) is 53.4 Å².